The van der Waals surface area contributed by atoms with Gasteiger partial charge in [0.25, 0.3) is 0 Å². The molecule has 0 aromatic heterocycles. The van der Waals surface area contributed by atoms with E-state index in [-0.39, 0.29) is 6.10 Å². The number of ether oxygens (including phenoxy) is 1. The Kier molecular flexibility index (Phi) is 5.68. The quantitative estimate of drug-likeness (QED) is 0.732. The third-order valence-electron chi connectivity index (χ3n) is 2.59. The molecule has 1 aromatic carbocycles. The van der Waals surface area contributed by atoms with Gasteiger partial charge in [-0.3, -0.25) is 0 Å². The van der Waals surface area contributed by atoms with Crippen LogP contribution in [0.2, 0.25) is 0 Å². The molecule has 0 aliphatic carbocycles. The minimum absolute atomic E-state index is 0.220. The van der Waals surface area contributed by atoms with Crippen LogP contribution in [0.1, 0.15) is 32.8 Å². The van der Waals surface area contributed by atoms with Gasteiger partial charge in [-0.15, -0.1) is 0 Å². The fourth-order valence-electron chi connectivity index (χ4n) is 1.81. The molecule has 0 heterocycles. The Balaban J connectivity index is 2.49. The molecule has 0 bridgehead atoms. The van der Waals surface area contributed by atoms with Crippen LogP contribution >= 0.6 is 0 Å². The van der Waals surface area contributed by atoms with Crippen molar-refractivity contribution in [2.75, 3.05) is 0 Å². The van der Waals surface area contributed by atoms with E-state index in [9.17, 15) is 0 Å². The van der Waals surface area contributed by atoms with Crippen molar-refractivity contribution < 1.29 is 14.8 Å². The molecule has 0 aliphatic heterocycles. The van der Waals surface area contributed by atoms with Gasteiger partial charge in [-0.1, -0.05) is 38.1 Å². The lowest BCUT2D eigenvalue weighted by molar-refractivity contribution is 0.0397. The first-order chi connectivity index (χ1) is 7.99. The van der Waals surface area contributed by atoms with Gasteiger partial charge in [0.15, 0.2) is 0 Å². The second-order valence-electron chi connectivity index (χ2n) is 4.87. The number of benzene rings is 1. The highest BCUT2D eigenvalue weighted by atomic mass is 16.5. The number of hydrogen-bond donors (Lipinski definition) is 2. The molecule has 1 rings (SSSR count). The average Bonchev–Trinajstić information content (AvgIpc) is 2.26. The van der Waals surface area contributed by atoms with Crippen LogP contribution in [0.25, 0.3) is 0 Å². The van der Waals surface area contributed by atoms with Crippen molar-refractivity contribution in [2.45, 2.75) is 39.9 Å². The molecule has 3 nitrogen and oxygen atoms in total. The first-order valence-corrected chi connectivity index (χ1v) is 6.05. The topological polar surface area (TPSA) is 49.7 Å². The summed E-state index contributed by atoms with van der Waals surface area (Å²) in [5.74, 6) is 0.621. The molecule has 0 fully saturated rings. The Morgan fingerprint density at radius 2 is 1.94 bits per heavy atom. The van der Waals surface area contributed by atoms with E-state index < -0.39 is 7.12 Å². The van der Waals surface area contributed by atoms with Crippen molar-refractivity contribution >= 4 is 12.6 Å². The lowest BCUT2D eigenvalue weighted by Crippen LogP contribution is -2.30. The molecule has 17 heavy (non-hydrogen) atoms. The number of rotatable bonds is 6. The van der Waals surface area contributed by atoms with Crippen LogP contribution in [0.15, 0.2) is 24.3 Å². The fourth-order valence-corrected chi connectivity index (χ4v) is 1.81. The molecule has 94 valence electrons. The van der Waals surface area contributed by atoms with Crippen LogP contribution in [-0.4, -0.2) is 23.3 Å². The fraction of sp³-hybridized carbons (Fsp3) is 0.538. The van der Waals surface area contributed by atoms with Crippen LogP contribution in [0, 0.1) is 5.92 Å². The highest BCUT2D eigenvalue weighted by Gasteiger charge is 2.11. The lowest BCUT2D eigenvalue weighted by Gasteiger charge is -2.15. The maximum atomic E-state index is 9.06. The van der Waals surface area contributed by atoms with Gasteiger partial charge >= 0.3 is 7.12 Å². The molecular weight excluding hydrogens is 215 g/mol. The van der Waals surface area contributed by atoms with Crippen LogP contribution in [0.4, 0.5) is 0 Å². The molecule has 1 unspecified atom stereocenters. The zero-order valence-corrected chi connectivity index (χ0v) is 10.8. The van der Waals surface area contributed by atoms with Crippen molar-refractivity contribution in [1.82, 2.24) is 0 Å². The lowest BCUT2D eigenvalue weighted by atomic mass is 9.80. The molecule has 0 spiro atoms. The smallest absolute Gasteiger partial charge is 0.423 e. The van der Waals surface area contributed by atoms with Gasteiger partial charge in [0.2, 0.25) is 0 Å². The normalized spacial score (nSPS) is 12.8. The molecular formula is C13H21BO3. The molecule has 1 atom stereocenters. The molecule has 1 aromatic rings. The monoisotopic (exact) mass is 236 g/mol. The summed E-state index contributed by atoms with van der Waals surface area (Å²) in [6, 6.07) is 7.17. The van der Waals surface area contributed by atoms with Crippen LogP contribution in [0.3, 0.4) is 0 Å². The standard InChI is InChI=1S/C13H21BO3/c1-10(2)7-11(3)17-9-12-5-4-6-13(8-12)14(15)16/h4-6,8,10-11,15-16H,7,9H2,1-3H3. The van der Waals surface area contributed by atoms with E-state index in [1.807, 2.05) is 6.07 Å². The Morgan fingerprint density at radius 1 is 1.24 bits per heavy atom. The molecule has 4 heteroatoms. The minimum atomic E-state index is -1.41. The van der Waals surface area contributed by atoms with Gasteiger partial charge in [0, 0.05) is 0 Å². The van der Waals surface area contributed by atoms with Crippen molar-refractivity contribution in [3.05, 3.63) is 29.8 Å². The third kappa shape index (κ3) is 5.35. The maximum Gasteiger partial charge on any atom is 0.488 e. The first-order valence-electron chi connectivity index (χ1n) is 6.05. The highest BCUT2D eigenvalue weighted by molar-refractivity contribution is 6.58. The van der Waals surface area contributed by atoms with E-state index in [0.29, 0.717) is 18.0 Å². The van der Waals surface area contributed by atoms with Crippen molar-refractivity contribution in [3.63, 3.8) is 0 Å². The summed E-state index contributed by atoms with van der Waals surface area (Å²) in [5, 5.41) is 18.1. The second-order valence-corrected chi connectivity index (χ2v) is 4.87. The highest BCUT2D eigenvalue weighted by Crippen LogP contribution is 2.10. The van der Waals surface area contributed by atoms with E-state index in [0.717, 1.165) is 12.0 Å². The van der Waals surface area contributed by atoms with Gasteiger partial charge in [-0.05, 0) is 30.3 Å². The van der Waals surface area contributed by atoms with Crippen LogP contribution < -0.4 is 5.46 Å². The molecule has 0 saturated heterocycles. The SMILES string of the molecule is CC(C)CC(C)OCc1cccc(B(O)O)c1. The molecule has 0 saturated carbocycles. The van der Waals surface area contributed by atoms with Crippen LogP contribution in [0.5, 0.6) is 0 Å². The number of hydrogen-bond acceptors (Lipinski definition) is 3. The summed E-state index contributed by atoms with van der Waals surface area (Å²) in [4.78, 5) is 0. The van der Waals surface area contributed by atoms with Gasteiger partial charge in [-0.25, -0.2) is 0 Å². The summed E-state index contributed by atoms with van der Waals surface area (Å²) in [6.45, 7) is 6.91. The predicted molar refractivity (Wildman–Crippen MR) is 70.0 cm³/mol. The summed E-state index contributed by atoms with van der Waals surface area (Å²) in [6.07, 6.45) is 1.25. The van der Waals surface area contributed by atoms with E-state index in [1.165, 1.54) is 0 Å². The molecule has 0 radical (unpaired) electrons. The summed E-state index contributed by atoms with van der Waals surface area (Å²) < 4.78 is 5.71. The van der Waals surface area contributed by atoms with E-state index in [1.54, 1.807) is 18.2 Å². The van der Waals surface area contributed by atoms with Gasteiger partial charge in [0.1, 0.15) is 0 Å². The maximum absolute atomic E-state index is 9.06. The molecule has 0 aliphatic rings. The van der Waals surface area contributed by atoms with Gasteiger partial charge in [-0.2, -0.15) is 0 Å². The summed E-state index contributed by atoms with van der Waals surface area (Å²) in [7, 11) is -1.41. The van der Waals surface area contributed by atoms with E-state index in [4.69, 9.17) is 14.8 Å². The summed E-state index contributed by atoms with van der Waals surface area (Å²) >= 11 is 0. The van der Waals surface area contributed by atoms with Gasteiger partial charge < -0.3 is 14.8 Å². The Labute approximate surface area is 104 Å². The predicted octanol–water partition coefficient (Wildman–Crippen LogP) is 1.32. The molecule has 0 amide bonds. The zero-order chi connectivity index (χ0) is 12.8. The van der Waals surface area contributed by atoms with E-state index in [2.05, 4.69) is 20.8 Å². The van der Waals surface area contributed by atoms with Gasteiger partial charge in [0.05, 0.1) is 12.7 Å². The summed E-state index contributed by atoms with van der Waals surface area (Å²) in [5.41, 5.74) is 1.47. The Bertz CT molecular complexity index is 339. The van der Waals surface area contributed by atoms with Crippen molar-refractivity contribution in [1.29, 1.82) is 0 Å². The largest absolute Gasteiger partial charge is 0.488 e. The van der Waals surface area contributed by atoms with E-state index >= 15 is 0 Å². The Morgan fingerprint density at radius 3 is 2.53 bits per heavy atom. The third-order valence-corrected chi connectivity index (χ3v) is 2.59. The van der Waals surface area contributed by atoms with Crippen molar-refractivity contribution in [2.24, 2.45) is 5.92 Å². The zero-order valence-electron chi connectivity index (χ0n) is 10.8. The minimum Gasteiger partial charge on any atom is -0.423 e. The Hall–Kier alpha value is -0.835. The second kappa shape index (κ2) is 6.79. The average molecular weight is 236 g/mol. The molecule has 2 N–H and O–H groups in total. The first kappa shape index (κ1) is 14.2. The van der Waals surface area contributed by atoms with Crippen LogP contribution in [-0.2, 0) is 11.3 Å². The van der Waals surface area contributed by atoms with Crippen molar-refractivity contribution in [3.8, 4) is 0 Å².